The molecule has 5 nitrogen and oxygen atoms in total. The number of nitrogens with zero attached hydrogens (tertiary/aromatic N) is 4. The third kappa shape index (κ3) is 3.82. The van der Waals surface area contributed by atoms with E-state index in [4.69, 9.17) is 0 Å². The number of hydrogen-bond donors (Lipinski definition) is 1. The molecule has 0 bridgehead atoms. The first-order valence-corrected chi connectivity index (χ1v) is 10.1. The summed E-state index contributed by atoms with van der Waals surface area (Å²) in [4.78, 5) is 12.1. The number of pyridine rings is 2. The van der Waals surface area contributed by atoms with E-state index in [-0.39, 0.29) is 11.0 Å². The number of rotatable bonds is 0. The standard InChI is InChI=1S/C13H15N3.C11H14N2/c1-13(2,3)16-12-7-9-5-4-6-10(9)15-11(12)8-14-16;1-11(2,3)9-6-8-4-5-12-10(8)13-7-9/h4-5,7-8H,6H2,1-3H3;4-7H,1-3H3,(H,12,13). The minimum absolute atomic E-state index is 0.0000146. The van der Waals surface area contributed by atoms with Crippen molar-refractivity contribution in [1.29, 1.82) is 0 Å². The molecule has 150 valence electrons. The highest BCUT2D eigenvalue weighted by Gasteiger charge is 2.19. The molecule has 0 amide bonds. The topological polar surface area (TPSA) is 59.4 Å². The summed E-state index contributed by atoms with van der Waals surface area (Å²) in [5, 5.41) is 5.62. The molecule has 4 aromatic rings. The smallest absolute Gasteiger partial charge is 0.137 e. The van der Waals surface area contributed by atoms with Crippen LogP contribution in [0.25, 0.3) is 28.1 Å². The molecule has 4 aromatic heterocycles. The maximum atomic E-state index is 4.64. The van der Waals surface area contributed by atoms with Crippen molar-refractivity contribution in [1.82, 2.24) is 24.7 Å². The van der Waals surface area contributed by atoms with Crippen LogP contribution < -0.4 is 0 Å². The van der Waals surface area contributed by atoms with Crippen LogP contribution in [0.5, 0.6) is 0 Å². The third-order valence-electron chi connectivity index (χ3n) is 5.18. The number of aromatic amines is 1. The lowest BCUT2D eigenvalue weighted by molar-refractivity contribution is 0.368. The first-order chi connectivity index (χ1) is 13.6. The van der Waals surface area contributed by atoms with Crippen LogP contribution in [0.2, 0.25) is 0 Å². The summed E-state index contributed by atoms with van der Waals surface area (Å²) in [7, 11) is 0. The minimum atomic E-state index is -0.0000146. The van der Waals surface area contributed by atoms with Crippen molar-refractivity contribution < 1.29 is 0 Å². The van der Waals surface area contributed by atoms with E-state index in [1.807, 2.05) is 23.3 Å². The lowest BCUT2D eigenvalue weighted by Gasteiger charge is -2.20. The van der Waals surface area contributed by atoms with Crippen LogP contribution in [0, 0.1) is 0 Å². The maximum absolute atomic E-state index is 4.64. The number of aromatic nitrogens is 5. The Morgan fingerprint density at radius 2 is 1.83 bits per heavy atom. The van der Waals surface area contributed by atoms with Crippen LogP contribution in [0.3, 0.4) is 0 Å². The second-order valence-corrected chi connectivity index (χ2v) is 9.65. The summed E-state index contributed by atoms with van der Waals surface area (Å²) in [6.07, 6.45) is 11.0. The van der Waals surface area contributed by atoms with Gasteiger partial charge in [-0.1, -0.05) is 32.9 Å². The normalized spacial score (nSPS) is 13.6. The molecule has 0 saturated carbocycles. The number of fused-ring (bicyclic) bond motifs is 3. The quantitative estimate of drug-likeness (QED) is 0.426. The summed E-state index contributed by atoms with van der Waals surface area (Å²) >= 11 is 0. The number of allylic oxidation sites excluding steroid dienone is 1. The fourth-order valence-electron chi connectivity index (χ4n) is 3.50. The summed E-state index contributed by atoms with van der Waals surface area (Å²) < 4.78 is 2.04. The van der Waals surface area contributed by atoms with Gasteiger partial charge in [0.25, 0.3) is 0 Å². The van der Waals surface area contributed by atoms with Gasteiger partial charge >= 0.3 is 0 Å². The summed E-state index contributed by atoms with van der Waals surface area (Å²) in [6.45, 7) is 13.1. The third-order valence-corrected chi connectivity index (χ3v) is 5.18. The fraction of sp³-hybridized carbons (Fsp3) is 0.375. The molecule has 1 aliphatic rings. The second-order valence-electron chi connectivity index (χ2n) is 9.65. The van der Waals surface area contributed by atoms with Crippen molar-refractivity contribution in [3.05, 3.63) is 59.7 Å². The second kappa shape index (κ2) is 6.83. The molecule has 0 aromatic carbocycles. The van der Waals surface area contributed by atoms with Crippen molar-refractivity contribution in [2.24, 2.45) is 0 Å². The van der Waals surface area contributed by atoms with Gasteiger partial charge in [0.2, 0.25) is 0 Å². The Labute approximate surface area is 171 Å². The Morgan fingerprint density at radius 1 is 1.03 bits per heavy atom. The van der Waals surface area contributed by atoms with Crippen LogP contribution in [0.1, 0.15) is 58.4 Å². The van der Waals surface area contributed by atoms with Gasteiger partial charge in [0, 0.05) is 24.2 Å². The van der Waals surface area contributed by atoms with Crippen LogP contribution in [0.4, 0.5) is 0 Å². The van der Waals surface area contributed by atoms with Crippen molar-refractivity contribution in [3.8, 4) is 0 Å². The zero-order valence-electron chi connectivity index (χ0n) is 18.1. The zero-order valence-corrected chi connectivity index (χ0v) is 18.1. The van der Waals surface area contributed by atoms with Gasteiger partial charge in [0.05, 0.1) is 22.9 Å². The molecule has 5 rings (SSSR count). The summed E-state index contributed by atoms with van der Waals surface area (Å²) in [5.41, 5.74) is 6.94. The number of hydrogen-bond acceptors (Lipinski definition) is 3. The van der Waals surface area contributed by atoms with E-state index in [1.165, 1.54) is 22.2 Å². The molecule has 0 spiro atoms. The lowest BCUT2D eigenvalue weighted by atomic mass is 9.88. The molecule has 0 saturated heterocycles. The van der Waals surface area contributed by atoms with E-state index >= 15 is 0 Å². The van der Waals surface area contributed by atoms with E-state index in [9.17, 15) is 0 Å². The van der Waals surface area contributed by atoms with Crippen LogP contribution in [-0.2, 0) is 17.4 Å². The molecule has 5 heteroatoms. The first-order valence-electron chi connectivity index (χ1n) is 10.1. The van der Waals surface area contributed by atoms with Gasteiger partial charge in [-0.2, -0.15) is 5.10 Å². The van der Waals surface area contributed by atoms with Gasteiger partial charge in [-0.25, -0.2) is 9.97 Å². The van der Waals surface area contributed by atoms with Crippen molar-refractivity contribution in [2.45, 2.75) is 58.9 Å². The van der Waals surface area contributed by atoms with Crippen LogP contribution >= 0.6 is 0 Å². The van der Waals surface area contributed by atoms with E-state index < -0.39 is 0 Å². The predicted molar refractivity (Wildman–Crippen MR) is 120 cm³/mol. The number of H-pyrrole nitrogens is 1. The maximum Gasteiger partial charge on any atom is 0.137 e. The predicted octanol–water partition coefficient (Wildman–Crippen LogP) is 5.62. The van der Waals surface area contributed by atoms with E-state index in [1.54, 1.807) is 0 Å². The monoisotopic (exact) mass is 387 g/mol. The summed E-state index contributed by atoms with van der Waals surface area (Å²) in [6, 6.07) is 6.44. The Morgan fingerprint density at radius 3 is 2.55 bits per heavy atom. The largest absolute Gasteiger partial charge is 0.346 e. The van der Waals surface area contributed by atoms with Crippen molar-refractivity contribution >= 4 is 28.1 Å². The molecule has 0 atom stereocenters. The molecule has 0 unspecified atom stereocenters. The van der Waals surface area contributed by atoms with Gasteiger partial charge in [0.15, 0.2) is 0 Å². The van der Waals surface area contributed by atoms with Gasteiger partial charge in [-0.15, -0.1) is 0 Å². The molecule has 29 heavy (non-hydrogen) atoms. The van der Waals surface area contributed by atoms with Gasteiger partial charge in [-0.3, -0.25) is 4.68 Å². The Balaban J connectivity index is 0.000000145. The molecule has 1 N–H and O–H groups in total. The minimum Gasteiger partial charge on any atom is -0.346 e. The average molecular weight is 388 g/mol. The van der Waals surface area contributed by atoms with Crippen LogP contribution in [0.15, 0.2) is 42.9 Å². The Kier molecular flexibility index (Phi) is 4.56. The average Bonchev–Trinajstić information content (AvgIpc) is 3.36. The lowest BCUT2D eigenvalue weighted by Crippen LogP contribution is -2.22. The first kappa shape index (κ1) is 19.4. The number of nitrogens with one attached hydrogen (secondary N) is 1. The van der Waals surface area contributed by atoms with E-state index in [0.717, 1.165) is 23.1 Å². The molecular weight excluding hydrogens is 358 g/mol. The Bertz CT molecular complexity index is 1200. The highest BCUT2D eigenvalue weighted by molar-refractivity contribution is 5.79. The van der Waals surface area contributed by atoms with E-state index in [0.29, 0.717) is 0 Å². The molecule has 4 heterocycles. The van der Waals surface area contributed by atoms with Gasteiger partial charge in [0.1, 0.15) is 11.2 Å². The van der Waals surface area contributed by atoms with Crippen molar-refractivity contribution in [3.63, 3.8) is 0 Å². The van der Waals surface area contributed by atoms with Crippen molar-refractivity contribution in [2.75, 3.05) is 0 Å². The zero-order chi connectivity index (χ0) is 20.8. The van der Waals surface area contributed by atoms with Gasteiger partial charge < -0.3 is 4.98 Å². The molecule has 0 aliphatic heterocycles. The Hall–Kier alpha value is -2.95. The van der Waals surface area contributed by atoms with E-state index in [2.05, 4.69) is 91.9 Å². The summed E-state index contributed by atoms with van der Waals surface area (Å²) in [5.74, 6) is 0. The molecule has 0 radical (unpaired) electrons. The highest BCUT2D eigenvalue weighted by atomic mass is 15.3. The van der Waals surface area contributed by atoms with Gasteiger partial charge in [-0.05, 0) is 55.5 Å². The molecule has 0 fully saturated rings. The van der Waals surface area contributed by atoms with Crippen LogP contribution in [-0.4, -0.2) is 24.7 Å². The SMILES string of the molecule is CC(C)(C)c1cnc2[nH]ccc2c1.CC(C)(C)n1ncc2nc3c(cc21)C=CC3. The highest BCUT2D eigenvalue weighted by Crippen LogP contribution is 2.26. The molecule has 1 aliphatic carbocycles. The molecular formula is C24H29N5. The fourth-order valence-corrected chi connectivity index (χ4v) is 3.50.